The van der Waals surface area contributed by atoms with Crippen molar-refractivity contribution in [3.63, 3.8) is 0 Å². The number of aromatic nitrogens is 1. The van der Waals surface area contributed by atoms with E-state index < -0.39 is 6.04 Å². The SMILES string of the molecule is COc1ccccc1-c1cc(C(=O)N2C[C@H](CC(C)C)NC(=O)[C@@H]2CC(C)C)no1. The molecule has 2 atom stereocenters. The second kappa shape index (κ2) is 9.32. The fourth-order valence-corrected chi connectivity index (χ4v) is 3.96. The first-order valence-corrected chi connectivity index (χ1v) is 10.5. The van der Waals surface area contributed by atoms with Gasteiger partial charge in [0.25, 0.3) is 5.91 Å². The van der Waals surface area contributed by atoms with Gasteiger partial charge in [-0.05, 0) is 36.8 Å². The molecule has 1 fully saturated rings. The van der Waals surface area contributed by atoms with Crippen molar-refractivity contribution in [1.82, 2.24) is 15.4 Å². The van der Waals surface area contributed by atoms with Crippen molar-refractivity contribution in [3.05, 3.63) is 36.0 Å². The lowest BCUT2D eigenvalue weighted by Gasteiger charge is -2.40. The van der Waals surface area contributed by atoms with E-state index in [1.54, 1.807) is 18.1 Å². The van der Waals surface area contributed by atoms with E-state index in [0.717, 1.165) is 12.0 Å². The molecular formula is C23H31N3O4. The van der Waals surface area contributed by atoms with Gasteiger partial charge in [0.05, 0.1) is 12.7 Å². The standard InChI is InChI=1S/C23H31N3O4/c1-14(2)10-16-13-26(19(11-15(3)4)22(27)24-16)23(28)18-12-21(30-25-18)17-8-6-7-9-20(17)29-5/h6-9,12,14-16,19H,10-11,13H2,1-5H3,(H,24,27)/t16-,19-/m0/s1. The van der Waals surface area contributed by atoms with Crippen LogP contribution in [0.2, 0.25) is 0 Å². The van der Waals surface area contributed by atoms with Gasteiger partial charge < -0.3 is 19.5 Å². The summed E-state index contributed by atoms with van der Waals surface area (Å²) in [5, 5.41) is 7.11. The first kappa shape index (κ1) is 21.9. The number of carbonyl (C=O) groups is 2. The number of amides is 2. The molecule has 2 heterocycles. The van der Waals surface area contributed by atoms with Gasteiger partial charge in [0.15, 0.2) is 11.5 Å². The minimum absolute atomic E-state index is 0.0644. The molecule has 2 amide bonds. The number of piperazine rings is 1. The number of para-hydroxylation sites is 1. The molecule has 1 N–H and O–H groups in total. The predicted octanol–water partition coefficient (Wildman–Crippen LogP) is 3.75. The Morgan fingerprint density at radius 1 is 1.23 bits per heavy atom. The van der Waals surface area contributed by atoms with E-state index in [-0.39, 0.29) is 29.5 Å². The summed E-state index contributed by atoms with van der Waals surface area (Å²) in [6.07, 6.45) is 1.42. The summed E-state index contributed by atoms with van der Waals surface area (Å²) in [5.74, 6) is 1.41. The third-order valence-electron chi connectivity index (χ3n) is 5.26. The van der Waals surface area contributed by atoms with Gasteiger partial charge >= 0.3 is 0 Å². The first-order valence-electron chi connectivity index (χ1n) is 10.5. The maximum atomic E-state index is 13.4. The van der Waals surface area contributed by atoms with Crippen LogP contribution in [0.5, 0.6) is 5.75 Å². The molecule has 0 bridgehead atoms. The van der Waals surface area contributed by atoms with Crippen molar-refractivity contribution < 1.29 is 18.8 Å². The quantitative estimate of drug-likeness (QED) is 0.747. The number of nitrogens with zero attached hydrogens (tertiary/aromatic N) is 2. The van der Waals surface area contributed by atoms with Crippen molar-refractivity contribution in [3.8, 4) is 17.1 Å². The van der Waals surface area contributed by atoms with E-state index in [9.17, 15) is 9.59 Å². The van der Waals surface area contributed by atoms with Gasteiger partial charge in [-0.3, -0.25) is 9.59 Å². The zero-order chi connectivity index (χ0) is 21.8. The van der Waals surface area contributed by atoms with Crippen LogP contribution in [0.4, 0.5) is 0 Å². The number of carbonyl (C=O) groups excluding carboxylic acids is 2. The summed E-state index contributed by atoms with van der Waals surface area (Å²) >= 11 is 0. The maximum Gasteiger partial charge on any atom is 0.276 e. The number of rotatable bonds is 7. The Morgan fingerprint density at radius 3 is 2.60 bits per heavy atom. The second-order valence-corrected chi connectivity index (χ2v) is 8.71. The third-order valence-corrected chi connectivity index (χ3v) is 5.26. The molecule has 0 unspecified atom stereocenters. The van der Waals surface area contributed by atoms with E-state index in [4.69, 9.17) is 9.26 Å². The van der Waals surface area contributed by atoms with Crippen LogP contribution in [-0.2, 0) is 4.79 Å². The highest BCUT2D eigenvalue weighted by atomic mass is 16.5. The van der Waals surface area contributed by atoms with Crippen molar-refractivity contribution in [2.45, 2.75) is 52.6 Å². The van der Waals surface area contributed by atoms with E-state index in [2.05, 4.69) is 24.3 Å². The van der Waals surface area contributed by atoms with Crippen LogP contribution >= 0.6 is 0 Å². The maximum absolute atomic E-state index is 13.4. The van der Waals surface area contributed by atoms with Gasteiger partial charge in [-0.2, -0.15) is 0 Å². The Kier molecular flexibility index (Phi) is 6.80. The molecule has 1 aromatic heterocycles. The summed E-state index contributed by atoms with van der Waals surface area (Å²) in [7, 11) is 1.58. The normalized spacial score (nSPS) is 19.3. The number of ether oxygens (including phenoxy) is 1. The number of methoxy groups -OCH3 is 1. The molecule has 0 saturated carbocycles. The summed E-state index contributed by atoms with van der Waals surface area (Å²) in [6, 6.07) is 8.45. The minimum atomic E-state index is -0.507. The second-order valence-electron chi connectivity index (χ2n) is 8.71. The van der Waals surface area contributed by atoms with E-state index in [0.29, 0.717) is 30.4 Å². The third kappa shape index (κ3) is 4.83. The van der Waals surface area contributed by atoms with Crippen molar-refractivity contribution in [1.29, 1.82) is 0 Å². The molecule has 7 heteroatoms. The van der Waals surface area contributed by atoms with Crippen LogP contribution in [0.15, 0.2) is 34.9 Å². The molecule has 1 aliphatic heterocycles. The Bertz CT molecular complexity index is 890. The molecule has 1 saturated heterocycles. The first-order chi connectivity index (χ1) is 14.3. The highest BCUT2D eigenvalue weighted by molar-refractivity contribution is 5.97. The lowest BCUT2D eigenvalue weighted by Crippen LogP contribution is -2.62. The van der Waals surface area contributed by atoms with Gasteiger partial charge in [-0.1, -0.05) is 45.0 Å². The summed E-state index contributed by atoms with van der Waals surface area (Å²) in [5.41, 5.74) is 0.919. The van der Waals surface area contributed by atoms with Crippen molar-refractivity contribution >= 4 is 11.8 Å². The topological polar surface area (TPSA) is 84.7 Å². The summed E-state index contributed by atoms with van der Waals surface area (Å²) in [6.45, 7) is 8.78. The fourth-order valence-electron chi connectivity index (χ4n) is 3.96. The van der Waals surface area contributed by atoms with Gasteiger partial charge in [0, 0.05) is 18.7 Å². The van der Waals surface area contributed by atoms with Crippen LogP contribution in [0.3, 0.4) is 0 Å². The molecular weight excluding hydrogens is 382 g/mol. The van der Waals surface area contributed by atoms with Gasteiger partial charge in [0.1, 0.15) is 11.8 Å². The van der Waals surface area contributed by atoms with E-state index in [1.165, 1.54) is 0 Å². The van der Waals surface area contributed by atoms with E-state index in [1.807, 2.05) is 38.1 Å². The van der Waals surface area contributed by atoms with E-state index >= 15 is 0 Å². The molecule has 3 rings (SSSR count). The summed E-state index contributed by atoms with van der Waals surface area (Å²) in [4.78, 5) is 27.8. The van der Waals surface area contributed by atoms with Gasteiger partial charge in [-0.25, -0.2) is 0 Å². The average molecular weight is 414 g/mol. The van der Waals surface area contributed by atoms with Crippen molar-refractivity contribution in [2.75, 3.05) is 13.7 Å². The van der Waals surface area contributed by atoms with Crippen molar-refractivity contribution in [2.24, 2.45) is 11.8 Å². The molecule has 162 valence electrons. The highest BCUT2D eigenvalue weighted by Gasteiger charge is 2.39. The Labute approximate surface area is 177 Å². The lowest BCUT2D eigenvalue weighted by molar-refractivity contribution is -0.130. The number of hydrogen-bond donors (Lipinski definition) is 1. The number of hydrogen-bond acceptors (Lipinski definition) is 5. The van der Waals surface area contributed by atoms with Crippen LogP contribution < -0.4 is 10.1 Å². The number of benzene rings is 1. The largest absolute Gasteiger partial charge is 0.496 e. The fraction of sp³-hybridized carbons (Fsp3) is 0.522. The molecule has 0 radical (unpaired) electrons. The Hall–Kier alpha value is -2.83. The van der Waals surface area contributed by atoms with Gasteiger partial charge in [-0.15, -0.1) is 0 Å². The molecule has 30 heavy (non-hydrogen) atoms. The smallest absolute Gasteiger partial charge is 0.276 e. The molecule has 0 aliphatic carbocycles. The van der Waals surface area contributed by atoms with Gasteiger partial charge in [0.2, 0.25) is 5.91 Å². The Balaban J connectivity index is 1.88. The molecule has 0 spiro atoms. The van der Waals surface area contributed by atoms with Crippen LogP contribution in [0.25, 0.3) is 11.3 Å². The average Bonchev–Trinajstić information content (AvgIpc) is 3.18. The molecule has 2 aromatic rings. The molecule has 7 nitrogen and oxygen atoms in total. The zero-order valence-corrected chi connectivity index (χ0v) is 18.3. The zero-order valence-electron chi connectivity index (χ0n) is 18.3. The predicted molar refractivity (Wildman–Crippen MR) is 114 cm³/mol. The summed E-state index contributed by atoms with van der Waals surface area (Å²) < 4.78 is 10.8. The van der Waals surface area contributed by atoms with Crippen LogP contribution in [-0.4, -0.2) is 47.6 Å². The molecule has 1 aromatic carbocycles. The number of nitrogens with one attached hydrogen (secondary N) is 1. The minimum Gasteiger partial charge on any atom is -0.496 e. The monoisotopic (exact) mass is 413 g/mol. The van der Waals surface area contributed by atoms with Crippen LogP contribution in [0, 0.1) is 11.8 Å². The molecule has 1 aliphatic rings. The van der Waals surface area contributed by atoms with Crippen LogP contribution in [0.1, 0.15) is 51.0 Å². The highest BCUT2D eigenvalue weighted by Crippen LogP contribution is 2.30. The lowest BCUT2D eigenvalue weighted by atomic mass is 9.94. The Morgan fingerprint density at radius 2 is 1.93 bits per heavy atom.